The number of aromatic nitrogens is 2. The number of amides is 1. The molecule has 6 heteroatoms. The van der Waals surface area contributed by atoms with Crippen molar-refractivity contribution in [3.05, 3.63) is 46.3 Å². The van der Waals surface area contributed by atoms with E-state index in [1.807, 2.05) is 12.1 Å². The van der Waals surface area contributed by atoms with Crippen LogP contribution in [0.2, 0.25) is 0 Å². The van der Waals surface area contributed by atoms with Crippen LogP contribution in [0, 0.1) is 6.92 Å². The lowest BCUT2D eigenvalue weighted by molar-refractivity contribution is 0.0950. The second kappa shape index (κ2) is 8.13. The lowest BCUT2D eigenvalue weighted by Gasteiger charge is -2.30. The molecule has 0 bridgehead atoms. The van der Waals surface area contributed by atoms with Gasteiger partial charge in [0.1, 0.15) is 0 Å². The number of aryl methyl sites for hydroxylation is 2. The fourth-order valence-corrected chi connectivity index (χ4v) is 4.09. The van der Waals surface area contributed by atoms with Gasteiger partial charge < -0.3 is 15.0 Å². The summed E-state index contributed by atoms with van der Waals surface area (Å²) in [7, 11) is 0. The summed E-state index contributed by atoms with van der Waals surface area (Å²) in [4.78, 5) is 15.0. The van der Waals surface area contributed by atoms with E-state index in [0.717, 1.165) is 50.4 Å². The first-order valence-corrected chi connectivity index (χ1v) is 9.99. The summed E-state index contributed by atoms with van der Waals surface area (Å²) in [5.41, 5.74) is 6.56. The minimum Gasteiger partial charge on any atom is -0.378 e. The third kappa shape index (κ3) is 4.00. The van der Waals surface area contributed by atoms with Crippen molar-refractivity contribution in [3.8, 4) is 0 Å². The van der Waals surface area contributed by atoms with Gasteiger partial charge >= 0.3 is 0 Å². The molecule has 0 spiro atoms. The average Bonchev–Trinajstić information content (AvgIpc) is 2.92. The quantitative estimate of drug-likeness (QED) is 0.814. The fraction of sp³-hybridized carbons (Fsp3) is 0.524. The van der Waals surface area contributed by atoms with Gasteiger partial charge in [-0.15, -0.1) is 0 Å². The van der Waals surface area contributed by atoms with Crippen LogP contribution in [0.4, 0.5) is 5.69 Å². The number of nitrogens with zero attached hydrogens (tertiary/aromatic N) is 2. The van der Waals surface area contributed by atoms with Crippen molar-refractivity contribution in [2.75, 3.05) is 31.2 Å². The number of fused-ring (bicyclic) bond motifs is 1. The molecule has 2 heterocycles. The van der Waals surface area contributed by atoms with Crippen LogP contribution in [0.25, 0.3) is 0 Å². The van der Waals surface area contributed by atoms with Crippen LogP contribution in [-0.4, -0.2) is 42.4 Å². The van der Waals surface area contributed by atoms with Crippen LogP contribution in [-0.2, 0) is 24.1 Å². The molecule has 27 heavy (non-hydrogen) atoms. The van der Waals surface area contributed by atoms with E-state index in [1.54, 1.807) is 0 Å². The summed E-state index contributed by atoms with van der Waals surface area (Å²) in [6.07, 6.45) is 5.82. The topological polar surface area (TPSA) is 70.2 Å². The number of rotatable bonds is 4. The summed E-state index contributed by atoms with van der Waals surface area (Å²) < 4.78 is 5.42. The van der Waals surface area contributed by atoms with Crippen LogP contribution < -0.4 is 10.2 Å². The van der Waals surface area contributed by atoms with Gasteiger partial charge in [0.2, 0.25) is 0 Å². The molecule has 1 fully saturated rings. The molecule has 2 N–H and O–H groups in total. The zero-order chi connectivity index (χ0) is 18.6. The Labute approximate surface area is 160 Å². The van der Waals surface area contributed by atoms with E-state index in [-0.39, 0.29) is 5.91 Å². The number of carbonyl (C=O) groups excluding carboxylic acids is 1. The van der Waals surface area contributed by atoms with E-state index in [2.05, 4.69) is 33.4 Å². The molecular formula is C21H28N4O2. The Morgan fingerprint density at radius 3 is 2.85 bits per heavy atom. The maximum absolute atomic E-state index is 12.6. The van der Waals surface area contributed by atoms with Gasteiger partial charge in [0, 0.05) is 30.0 Å². The molecule has 1 aromatic carbocycles. The van der Waals surface area contributed by atoms with Crippen molar-refractivity contribution in [1.82, 2.24) is 15.5 Å². The van der Waals surface area contributed by atoms with E-state index in [9.17, 15) is 4.79 Å². The van der Waals surface area contributed by atoms with Crippen LogP contribution in [0.15, 0.2) is 18.2 Å². The third-order valence-corrected chi connectivity index (χ3v) is 5.62. The Kier molecular flexibility index (Phi) is 5.43. The molecule has 0 saturated carbocycles. The van der Waals surface area contributed by atoms with Crippen LogP contribution in [0.3, 0.4) is 0 Å². The SMILES string of the molecule is Cc1cc(C(=O)NCc2n[nH]c3c2CCCCC3)ccc1N1CCOCC1. The summed E-state index contributed by atoms with van der Waals surface area (Å²) >= 11 is 0. The molecule has 1 aliphatic heterocycles. The van der Waals surface area contributed by atoms with Crippen molar-refractivity contribution in [3.63, 3.8) is 0 Å². The molecule has 1 aliphatic carbocycles. The average molecular weight is 368 g/mol. The molecule has 1 saturated heterocycles. The Hall–Kier alpha value is -2.34. The summed E-state index contributed by atoms with van der Waals surface area (Å²) in [5.74, 6) is -0.0444. The van der Waals surface area contributed by atoms with E-state index in [4.69, 9.17) is 4.74 Å². The molecule has 0 unspecified atom stereocenters. The molecule has 1 aromatic heterocycles. The first-order valence-electron chi connectivity index (χ1n) is 9.99. The Bertz CT molecular complexity index is 809. The minimum absolute atomic E-state index is 0.0444. The number of H-pyrrole nitrogens is 1. The van der Waals surface area contributed by atoms with Crippen molar-refractivity contribution in [2.45, 2.75) is 45.6 Å². The van der Waals surface area contributed by atoms with Crippen molar-refractivity contribution < 1.29 is 9.53 Å². The zero-order valence-electron chi connectivity index (χ0n) is 16.0. The summed E-state index contributed by atoms with van der Waals surface area (Å²) in [6, 6.07) is 5.94. The highest BCUT2D eigenvalue weighted by Crippen LogP contribution is 2.23. The lowest BCUT2D eigenvalue weighted by Crippen LogP contribution is -2.36. The van der Waals surface area contributed by atoms with E-state index in [0.29, 0.717) is 12.1 Å². The smallest absolute Gasteiger partial charge is 0.251 e. The molecule has 2 aliphatic rings. The molecular weight excluding hydrogens is 340 g/mol. The maximum Gasteiger partial charge on any atom is 0.251 e. The predicted octanol–water partition coefficient (Wildman–Crippen LogP) is 2.75. The Morgan fingerprint density at radius 2 is 2.04 bits per heavy atom. The minimum atomic E-state index is -0.0444. The van der Waals surface area contributed by atoms with Crippen LogP contribution >= 0.6 is 0 Å². The van der Waals surface area contributed by atoms with Crippen LogP contribution in [0.5, 0.6) is 0 Å². The molecule has 6 nitrogen and oxygen atoms in total. The van der Waals surface area contributed by atoms with E-state index < -0.39 is 0 Å². The molecule has 0 atom stereocenters. The van der Waals surface area contributed by atoms with Gasteiger partial charge in [0.05, 0.1) is 25.5 Å². The number of anilines is 1. The standard InChI is InChI=1S/C21H28N4O2/c1-15-13-16(7-8-20(15)25-9-11-27-12-10-25)21(26)22-14-19-17-5-3-2-4-6-18(17)23-24-19/h7-8,13H,2-6,9-12,14H2,1H3,(H,22,26)(H,23,24). The van der Waals surface area contributed by atoms with Gasteiger partial charge in [-0.05, 0) is 61.9 Å². The second-order valence-corrected chi connectivity index (χ2v) is 7.47. The molecule has 0 radical (unpaired) electrons. The fourth-order valence-electron chi connectivity index (χ4n) is 4.09. The highest BCUT2D eigenvalue weighted by Gasteiger charge is 2.18. The van der Waals surface area contributed by atoms with Crippen molar-refractivity contribution >= 4 is 11.6 Å². The van der Waals surface area contributed by atoms with Crippen molar-refractivity contribution in [2.24, 2.45) is 0 Å². The number of morpholine rings is 1. The molecule has 1 amide bonds. The summed E-state index contributed by atoms with van der Waals surface area (Å²) in [5, 5.41) is 10.6. The first-order chi connectivity index (χ1) is 13.2. The largest absolute Gasteiger partial charge is 0.378 e. The van der Waals surface area contributed by atoms with Gasteiger partial charge in [-0.2, -0.15) is 5.10 Å². The number of aromatic amines is 1. The molecule has 2 aromatic rings. The predicted molar refractivity (Wildman–Crippen MR) is 105 cm³/mol. The van der Waals surface area contributed by atoms with E-state index in [1.165, 1.54) is 36.2 Å². The lowest BCUT2D eigenvalue weighted by atomic mass is 10.1. The Balaban J connectivity index is 1.41. The van der Waals surface area contributed by atoms with Crippen LogP contribution in [0.1, 0.15) is 52.1 Å². The van der Waals surface area contributed by atoms with Gasteiger partial charge in [0.15, 0.2) is 0 Å². The first kappa shape index (κ1) is 18.0. The maximum atomic E-state index is 12.6. The van der Waals surface area contributed by atoms with Gasteiger partial charge in [-0.3, -0.25) is 9.89 Å². The van der Waals surface area contributed by atoms with Gasteiger partial charge in [-0.1, -0.05) is 6.42 Å². The number of hydrogen-bond acceptors (Lipinski definition) is 4. The van der Waals surface area contributed by atoms with Gasteiger partial charge in [-0.25, -0.2) is 0 Å². The number of nitrogens with one attached hydrogen (secondary N) is 2. The monoisotopic (exact) mass is 368 g/mol. The number of benzene rings is 1. The highest BCUT2D eigenvalue weighted by molar-refractivity contribution is 5.94. The zero-order valence-corrected chi connectivity index (χ0v) is 16.0. The summed E-state index contributed by atoms with van der Waals surface area (Å²) in [6.45, 7) is 5.86. The normalized spacial score (nSPS) is 17.3. The number of ether oxygens (including phenoxy) is 1. The third-order valence-electron chi connectivity index (χ3n) is 5.62. The molecule has 4 rings (SSSR count). The highest BCUT2D eigenvalue weighted by atomic mass is 16.5. The van der Waals surface area contributed by atoms with E-state index >= 15 is 0 Å². The number of carbonyl (C=O) groups is 1. The Morgan fingerprint density at radius 1 is 1.22 bits per heavy atom. The molecule has 144 valence electrons. The number of hydrogen-bond donors (Lipinski definition) is 2. The van der Waals surface area contributed by atoms with Gasteiger partial charge in [0.25, 0.3) is 5.91 Å². The van der Waals surface area contributed by atoms with Crippen molar-refractivity contribution in [1.29, 1.82) is 0 Å². The second-order valence-electron chi connectivity index (χ2n) is 7.47.